The van der Waals surface area contributed by atoms with Crippen molar-refractivity contribution in [2.75, 3.05) is 19.5 Å². The molecule has 0 fully saturated rings. The molecule has 2 aromatic rings. The molecule has 0 saturated heterocycles. The summed E-state index contributed by atoms with van der Waals surface area (Å²) in [6.07, 6.45) is 0. The number of ether oxygens (including phenoxy) is 2. The van der Waals surface area contributed by atoms with Gasteiger partial charge < -0.3 is 9.47 Å². The van der Waals surface area contributed by atoms with E-state index in [2.05, 4.69) is 18.2 Å². The van der Waals surface area contributed by atoms with E-state index in [0.717, 1.165) is 23.0 Å². The second-order valence-electron chi connectivity index (χ2n) is 4.53. The maximum atomic E-state index is 5.84. The summed E-state index contributed by atoms with van der Waals surface area (Å²) in [5.41, 5.74) is 2.48. The number of thioether (sulfide) groups is 1. The lowest BCUT2D eigenvalue weighted by Gasteiger charge is -2.07. The first-order valence-electron chi connectivity index (χ1n) is 6.80. The summed E-state index contributed by atoms with van der Waals surface area (Å²) in [5.74, 6) is 4.23. The Hall–Kier alpha value is -1.32. The third kappa shape index (κ3) is 5.52. The van der Waals surface area contributed by atoms with Crippen LogP contribution in [0.1, 0.15) is 11.1 Å². The Balaban J connectivity index is 1.67. The molecule has 0 atom stereocenters. The van der Waals surface area contributed by atoms with E-state index in [1.165, 1.54) is 11.1 Å². The molecular weight excluding hydrogens is 304 g/mol. The summed E-state index contributed by atoms with van der Waals surface area (Å²) < 4.78 is 10.8. The fourth-order valence-electron chi connectivity index (χ4n) is 1.88. The van der Waals surface area contributed by atoms with Gasteiger partial charge in [0.25, 0.3) is 0 Å². The SMILES string of the molecule is COc1ccc(OCCSCc2cccc(CCl)c2)cc1. The number of hydrogen-bond acceptors (Lipinski definition) is 3. The number of benzene rings is 2. The van der Waals surface area contributed by atoms with Crippen LogP contribution in [-0.4, -0.2) is 19.5 Å². The number of rotatable bonds is 8. The summed E-state index contributed by atoms with van der Waals surface area (Å²) >= 11 is 7.70. The van der Waals surface area contributed by atoms with Crippen LogP contribution in [0.5, 0.6) is 11.5 Å². The average Bonchev–Trinajstić information content (AvgIpc) is 2.55. The topological polar surface area (TPSA) is 18.5 Å². The molecule has 4 heteroatoms. The van der Waals surface area contributed by atoms with Crippen molar-refractivity contribution in [1.29, 1.82) is 0 Å². The highest BCUT2D eigenvalue weighted by atomic mass is 35.5. The average molecular weight is 323 g/mol. The van der Waals surface area contributed by atoms with E-state index >= 15 is 0 Å². The minimum Gasteiger partial charge on any atom is -0.497 e. The van der Waals surface area contributed by atoms with Gasteiger partial charge in [-0.3, -0.25) is 0 Å². The fourth-order valence-corrected chi connectivity index (χ4v) is 2.81. The van der Waals surface area contributed by atoms with Crippen molar-refractivity contribution in [2.45, 2.75) is 11.6 Å². The standard InChI is InChI=1S/C17H19ClO2S/c1-19-16-5-7-17(8-6-16)20-9-10-21-13-15-4-2-3-14(11-15)12-18/h2-8,11H,9-10,12-13H2,1H3. The van der Waals surface area contributed by atoms with Crippen LogP contribution in [0.2, 0.25) is 0 Å². The summed E-state index contributed by atoms with van der Waals surface area (Å²) in [7, 11) is 1.66. The normalized spacial score (nSPS) is 10.4. The second kappa shape index (κ2) is 8.85. The van der Waals surface area contributed by atoms with Crippen molar-refractivity contribution in [3.8, 4) is 11.5 Å². The number of alkyl halides is 1. The highest BCUT2D eigenvalue weighted by molar-refractivity contribution is 7.98. The van der Waals surface area contributed by atoms with Crippen molar-refractivity contribution in [1.82, 2.24) is 0 Å². The van der Waals surface area contributed by atoms with Crippen LogP contribution in [0.15, 0.2) is 48.5 Å². The van der Waals surface area contributed by atoms with Crippen LogP contribution in [0.25, 0.3) is 0 Å². The van der Waals surface area contributed by atoms with E-state index < -0.39 is 0 Å². The predicted molar refractivity (Wildman–Crippen MR) is 90.7 cm³/mol. The third-order valence-electron chi connectivity index (χ3n) is 2.97. The molecule has 0 aliphatic rings. The summed E-state index contributed by atoms with van der Waals surface area (Å²) in [5, 5.41) is 0. The van der Waals surface area contributed by atoms with Gasteiger partial charge >= 0.3 is 0 Å². The molecular formula is C17H19ClO2S. The van der Waals surface area contributed by atoms with Gasteiger partial charge in [-0.15, -0.1) is 11.6 Å². The molecule has 0 unspecified atom stereocenters. The molecule has 0 amide bonds. The quantitative estimate of drug-likeness (QED) is 0.516. The highest BCUT2D eigenvalue weighted by Crippen LogP contribution is 2.18. The minimum atomic E-state index is 0.569. The summed E-state index contributed by atoms with van der Waals surface area (Å²) in [6, 6.07) is 16.0. The molecule has 0 spiro atoms. The molecule has 0 bridgehead atoms. The Kier molecular flexibility index (Phi) is 6.77. The van der Waals surface area contributed by atoms with Gasteiger partial charge in [-0.05, 0) is 35.4 Å². The number of halogens is 1. The van der Waals surface area contributed by atoms with Crippen molar-refractivity contribution < 1.29 is 9.47 Å². The van der Waals surface area contributed by atoms with Gasteiger partial charge in [-0.2, -0.15) is 11.8 Å². The molecule has 0 aromatic heterocycles. The Morgan fingerprint density at radius 2 is 1.71 bits per heavy atom. The lowest BCUT2D eigenvalue weighted by atomic mass is 10.2. The molecule has 0 saturated carbocycles. The van der Waals surface area contributed by atoms with Crippen LogP contribution in [0.3, 0.4) is 0 Å². The lowest BCUT2D eigenvalue weighted by Crippen LogP contribution is -2.00. The van der Waals surface area contributed by atoms with E-state index in [9.17, 15) is 0 Å². The molecule has 2 rings (SSSR count). The van der Waals surface area contributed by atoms with Gasteiger partial charge in [0.05, 0.1) is 13.7 Å². The molecule has 112 valence electrons. The van der Waals surface area contributed by atoms with Crippen molar-refractivity contribution in [2.24, 2.45) is 0 Å². The van der Waals surface area contributed by atoms with E-state index in [-0.39, 0.29) is 0 Å². The third-order valence-corrected chi connectivity index (χ3v) is 4.27. The molecule has 2 aromatic carbocycles. The molecule has 0 aliphatic carbocycles. The van der Waals surface area contributed by atoms with Crippen molar-refractivity contribution in [3.05, 3.63) is 59.7 Å². The van der Waals surface area contributed by atoms with E-state index in [1.54, 1.807) is 7.11 Å². The smallest absolute Gasteiger partial charge is 0.119 e. The van der Waals surface area contributed by atoms with Crippen LogP contribution >= 0.6 is 23.4 Å². The van der Waals surface area contributed by atoms with Crippen LogP contribution in [0.4, 0.5) is 0 Å². The molecule has 0 radical (unpaired) electrons. The Bertz CT molecular complexity index is 543. The van der Waals surface area contributed by atoms with Crippen LogP contribution in [0, 0.1) is 0 Å². The fraction of sp³-hybridized carbons (Fsp3) is 0.294. The Morgan fingerprint density at radius 3 is 2.43 bits per heavy atom. The predicted octanol–water partition coefficient (Wildman–Crippen LogP) is 4.75. The Labute approximate surface area is 135 Å². The zero-order chi connectivity index (χ0) is 14.9. The monoisotopic (exact) mass is 322 g/mol. The van der Waals surface area contributed by atoms with E-state index in [4.69, 9.17) is 21.1 Å². The first kappa shape index (κ1) is 16.1. The van der Waals surface area contributed by atoms with Crippen molar-refractivity contribution >= 4 is 23.4 Å². The second-order valence-corrected chi connectivity index (χ2v) is 5.90. The first-order valence-corrected chi connectivity index (χ1v) is 8.49. The largest absolute Gasteiger partial charge is 0.497 e. The Morgan fingerprint density at radius 1 is 1.00 bits per heavy atom. The van der Waals surface area contributed by atoms with Gasteiger partial charge in [0.15, 0.2) is 0 Å². The number of hydrogen-bond donors (Lipinski definition) is 0. The molecule has 0 aliphatic heterocycles. The van der Waals surface area contributed by atoms with E-state index in [1.807, 2.05) is 42.1 Å². The zero-order valence-corrected chi connectivity index (χ0v) is 13.6. The summed E-state index contributed by atoms with van der Waals surface area (Å²) in [6.45, 7) is 0.701. The van der Waals surface area contributed by atoms with Crippen molar-refractivity contribution in [3.63, 3.8) is 0 Å². The molecule has 0 N–H and O–H groups in total. The first-order chi connectivity index (χ1) is 10.3. The van der Waals surface area contributed by atoms with Gasteiger partial charge in [0.2, 0.25) is 0 Å². The molecule has 21 heavy (non-hydrogen) atoms. The zero-order valence-electron chi connectivity index (χ0n) is 12.0. The van der Waals surface area contributed by atoms with Gasteiger partial charge in [0.1, 0.15) is 11.5 Å². The maximum Gasteiger partial charge on any atom is 0.119 e. The van der Waals surface area contributed by atoms with Crippen LogP contribution < -0.4 is 9.47 Å². The van der Waals surface area contributed by atoms with Gasteiger partial charge in [-0.25, -0.2) is 0 Å². The lowest BCUT2D eigenvalue weighted by molar-refractivity contribution is 0.342. The minimum absolute atomic E-state index is 0.569. The molecule has 2 nitrogen and oxygen atoms in total. The summed E-state index contributed by atoms with van der Waals surface area (Å²) in [4.78, 5) is 0. The van der Waals surface area contributed by atoms with Crippen LogP contribution in [-0.2, 0) is 11.6 Å². The number of methoxy groups -OCH3 is 1. The van der Waals surface area contributed by atoms with Gasteiger partial charge in [0, 0.05) is 17.4 Å². The maximum absolute atomic E-state index is 5.84. The van der Waals surface area contributed by atoms with Gasteiger partial charge in [-0.1, -0.05) is 24.3 Å². The molecule has 0 heterocycles. The highest BCUT2D eigenvalue weighted by Gasteiger charge is 1.98. The van der Waals surface area contributed by atoms with E-state index in [0.29, 0.717) is 12.5 Å².